The standard InChI is InChI=1S/C25H27N3O3S/c1-29-19-6-2-16(3-7-19)23-14-20-25(32-23)21(8-11-27-20)31-22(15-28-18-4-5-18)24(26)17-9-12-30-13-10-17/h2-3,6-8,11,14-15,17-18H,4-5,9-10,12-13,26H2,1H3. The van der Waals surface area contributed by atoms with E-state index in [4.69, 9.17) is 19.9 Å². The molecule has 6 nitrogen and oxygen atoms in total. The van der Waals surface area contributed by atoms with Crippen molar-refractivity contribution in [1.82, 2.24) is 4.98 Å². The number of rotatable bonds is 7. The SMILES string of the molecule is COc1ccc(-c2cc3nccc(OC(C=NC4CC4)=C(N)C4CCOCC4)c3s2)cc1. The van der Waals surface area contributed by atoms with Gasteiger partial charge in [0.15, 0.2) is 5.76 Å². The third kappa shape index (κ3) is 4.64. The van der Waals surface area contributed by atoms with E-state index in [1.807, 2.05) is 24.4 Å². The molecule has 1 saturated carbocycles. The Bertz CT molecular complexity index is 1140. The Hall–Kier alpha value is -2.90. The maximum absolute atomic E-state index is 6.60. The summed E-state index contributed by atoms with van der Waals surface area (Å²) in [6, 6.07) is 12.4. The number of nitrogens with zero attached hydrogens (tertiary/aromatic N) is 2. The zero-order valence-corrected chi connectivity index (χ0v) is 18.9. The van der Waals surface area contributed by atoms with Gasteiger partial charge in [-0.1, -0.05) is 0 Å². The molecule has 1 aliphatic carbocycles. The van der Waals surface area contributed by atoms with Crippen molar-refractivity contribution < 1.29 is 14.2 Å². The molecule has 0 amide bonds. The molecule has 0 radical (unpaired) electrons. The van der Waals surface area contributed by atoms with Crippen LogP contribution in [0.4, 0.5) is 0 Å². The lowest BCUT2D eigenvalue weighted by Crippen LogP contribution is -2.24. The molecule has 166 valence electrons. The van der Waals surface area contributed by atoms with Gasteiger partial charge < -0.3 is 19.9 Å². The summed E-state index contributed by atoms with van der Waals surface area (Å²) in [7, 11) is 1.67. The van der Waals surface area contributed by atoms with Crippen LogP contribution in [-0.2, 0) is 4.74 Å². The molecule has 3 aromatic rings. The van der Waals surface area contributed by atoms with Crippen molar-refractivity contribution in [1.29, 1.82) is 0 Å². The number of aliphatic imine (C=N–C) groups is 1. The molecule has 0 unspecified atom stereocenters. The number of hydrogen-bond acceptors (Lipinski definition) is 7. The van der Waals surface area contributed by atoms with Gasteiger partial charge in [-0.3, -0.25) is 9.98 Å². The number of aromatic nitrogens is 1. The van der Waals surface area contributed by atoms with Crippen LogP contribution in [0, 0.1) is 5.92 Å². The van der Waals surface area contributed by atoms with Crippen molar-refractivity contribution >= 4 is 27.8 Å². The lowest BCUT2D eigenvalue weighted by atomic mass is 9.96. The number of hydrogen-bond donors (Lipinski definition) is 1. The number of pyridine rings is 1. The van der Waals surface area contributed by atoms with Gasteiger partial charge >= 0.3 is 0 Å². The fourth-order valence-corrected chi connectivity index (χ4v) is 4.85. The van der Waals surface area contributed by atoms with Crippen LogP contribution in [0.5, 0.6) is 11.5 Å². The van der Waals surface area contributed by atoms with Gasteiger partial charge in [-0.15, -0.1) is 11.3 Å². The van der Waals surface area contributed by atoms with E-state index in [2.05, 4.69) is 28.2 Å². The average molecular weight is 450 g/mol. The fraction of sp³-hybridized carbons (Fsp3) is 0.360. The zero-order chi connectivity index (χ0) is 21.9. The van der Waals surface area contributed by atoms with Crippen LogP contribution in [0.3, 0.4) is 0 Å². The van der Waals surface area contributed by atoms with E-state index in [9.17, 15) is 0 Å². The summed E-state index contributed by atoms with van der Waals surface area (Å²) in [5.74, 6) is 2.49. The molecule has 2 N–H and O–H groups in total. The van der Waals surface area contributed by atoms with Gasteiger partial charge in [-0.2, -0.15) is 0 Å². The van der Waals surface area contributed by atoms with Crippen molar-refractivity contribution in [3.8, 4) is 21.9 Å². The van der Waals surface area contributed by atoms with Crippen molar-refractivity contribution in [3.05, 3.63) is 54.1 Å². The van der Waals surface area contributed by atoms with E-state index in [1.165, 1.54) is 0 Å². The molecule has 0 bridgehead atoms. The van der Waals surface area contributed by atoms with Crippen LogP contribution in [0.1, 0.15) is 25.7 Å². The number of thiophene rings is 1. The predicted molar refractivity (Wildman–Crippen MR) is 129 cm³/mol. The monoisotopic (exact) mass is 449 g/mol. The molecule has 2 fully saturated rings. The molecule has 32 heavy (non-hydrogen) atoms. The predicted octanol–water partition coefficient (Wildman–Crippen LogP) is 5.18. The maximum Gasteiger partial charge on any atom is 0.164 e. The summed E-state index contributed by atoms with van der Waals surface area (Å²) in [5, 5.41) is 0. The van der Waals surface area contributed by atoms with Crippen LogP contribution < -0.4 is 15.2 Å². The van der Waals surface area contributed by atoms with E-state index in [0.717, 1.165) is 76.8 Å². The molecule has 2 aromatic heterocycles. The zero-order valence-electron chi connectivity index (χ0n) is 18.1. The molecule has 1 aromatic carbocycles. The molecule has 2 aliphatic rings. The van der Waals surface area contributed by atoms with Gasteiger partial charge in [-0.25, -0.2) is 0 Å². The molecule has 1 aliphatic heterocycles. The number of ether oxygens (including phenoxy) is 3. The summed E-state index contributed by atoms with van der Waals surface area (Å²) < 4.78 is 18.2. The van der Waals surface area contributed by atoms with E-state index >= 15 is 0 Å². The molecule has 1 saturated heterocycles. The highest BCUT2D eigenvalue weighted by Gasteiger charge is 2.23. The van der Waals surface area contributed by atoms with E-state index in [-0.39, 0.29) is 5.92 Å². The summed E-state index contributed by atoms with van der Waals surface area (Å²) in [5.41, 5.74) is 9.38. The summed E-state index contributed by atoms with van der Waals surface area (Å²) in [6.07, 6.45) is 7.69. The maximum atomic E-state index is 6.60. The van der Waals surface area contributed by atoms with Gasteiger partial charge in [0, 0.05) is 36.3 Å². The van der Waals surface area contributed by atoms with E-state index < -0.39 is 0 Å². The molecular weight excluding hydrogens is 422 g/mol. The Balaban J connectivity index is 1.48. The van der Waals surface area contributed by atoms with Gasteiger partial charge in [-0.05, 0) is 61.6 Å². The Morgan fingerprint density at radius 1 is 1.16 bits per heavy atom. The fourth-order valence-electron chi connectivity index (χ4n) is 3.78. The van der Waals surface area contributed by atoms with Gasteiger partial charge in [0.05, 0.1) is 35.3 Å². The largest absolute Gasteiger partial charge is 0.497 e. The van der Waals surface area contributed by atoms with E-state index in [0.29, 0.717) is 11.8 Å². The number of allylic oxidation sites excluding steroid dienone is 2. The van der Waals surface area contributed by atoms with Gasteiger partial charge in [0.2, 0.25) is 0 Å². The number of fused-ring (bicyclic) bond motifs is 1. The van der Waals surface area contributed by atoms with Gasteiger partial charge in [0.25, 0.3) is 0 Å². The second kappa shape index (κ2) is 9.30. The second-order valence-electron chi connectivity index (χ2n) is 8.18. The Morgan fingerprint density at radius 2 is 1.94 bits per heavy atom. The number of nitrogens with two attached hydrogens (primary N) is 1. The molecule has 0 atom stereocenters. The number of benzene rings is 1. The normalized spacial score (nSPS) is 18.2. The molecule has 3 heterocycles. The highest BCUT2D eigenvalue weighted by atomic mass is 32.1. The molecule has 0 spiro atoms. The van der Waals surface area contributed by atoms with Crippen molar-refractivity contribution in [2.75, 3.05) is 20.3 Å². The van der Waals surface area contributed by atoms with Crippen LogP contribution >= 0.6 is 11.3 Å². The molecule has 5 rings (SSSR count). The quantitative estimate of drug-likeness (QED) is 0.397. The van der Waals surface area contributed by atoms with E-state index in [1.54, 1.807) is 24.6 Å². The topological polar surface area (TPSA) is 79.0 Å². The average Bonchev–Trinajstić information content (AvgIpc) is 3.57. The minimum Gasteiger partial charge on any atom is -0.497 e. The second-order valence-corrected chi connectivity index (χ2v) is 9.23. The first-order chi connectivity index (χ1) is 15.7. The smallest absolute Gasteiger partial charge is 0.164 e. The Morgan fingerprint density at radius 3 is 2.66 bits per heavy atom. The number of methoxy groups -OCH3 is 1. The van der Waals surface area contributed by atoms with Crippen LogP contribution in [-0.4, -0.2) is 37.6 Å². The minimum absolute atomic E-state index is 0.250. The van der Waals surface area contributed by atoms with Crippen molar-refractivity contribution in [2.45, 2.75) is 31.7 Å². The summed E-state index contributed by atoms with van der Waals surface area (Å²) in [6.45, 7) is 1.46. The van der Waals surface area contributed by atoms with Crippen molar-refractivity contribution in [3.63, 3.8) is 0 Å². The summed E-state index contributed by atoms with van der Waals surface area (Å²) >= 11 is 1.66. The highest BCUT2D eigenvalue weighted by Crippen LogP contribution is 2.39. The first-order valence-corrected chi connectivity index (χ1v) is 11.8. The minimum atomic E-state index is 0.250. The summed E-state index contributed by atoms with van der Waals surface area (Å²) in [4.78, 5) is 10.3. The third-order valence-electron chi connectivity index (χ3n) is 5.87. The highest BCUT2D eigenvalue weighted by molar-refractivity contribution is 7.22. The Labute approximate surface area is 191 Å². The van der Waals surface area contributed by atoms with Crippen LogP contribution in [0.15, 0.2) is 59.0 Å². The lowest BCUT2D eigenvalue weighted by Gasteiger charge is -2.23. The first kappa shape index (κ1) is 21.0. The molecule has 7 heteroatoms. The Kier molecular flexibility index (Phi) is 6.10. The van der Waals surface area contributed by atoms with Crippen molar-refractivity contribution in [2.24, 2.45) is 16.6 Å². The van der Waals surface area contributed by atoms with Crippen LogP contribution in [0.25, 0.3) is 20.7 Å². The third-order valence-corrected chi connectivity index (χ3v) is 7.05. The lowest BCUT2D eigenvalue weighted by molar-refractivity contribution is 0.0746. The molecular formula is C25H27N3O3S. The first-order valence-electron chi connectivity index (χ1n) is 11.0. The van der Waals surface area contributed by atoms with Gasteiger partial charge in [0.1, 0.15) is 11.5 Å². The van der Waals surface area contributed by atoms with Crippen LogP contribution in [0.2, 0.25) is 0 Å².